The van der Waals surface area contributed by atoms with E-state index in [1.54, 1.807) is 30.3 Å². The molecular weight excluding hydrogens is 416 g/mol. The molecule has 1 aliphatic heterocycles. The van der Waals surface area contributed by atoms with Crippen LogP contribution in [0, 0.1) is 11.3 Å². The van der Waals surface area contributed by atoms with Crippen molar-refractivity contribution in [2.45, 2.75) is 44.9 Å². The highest BCUT2D eigenvalue weighted by Gasteiger charge is 2.35. The Morgan fingerprint density at radius 3 is 2.74 bits per heavy atom. The van der Waals surface area contributed by atoms with Gasteiger partial charge in [0.1, 0.15) is 16.3 Å². The molecule has 8 nitrogen and oxygen atoms in total. The molecule has 31 heavy (non-hydrogen) atoms. The van der Waals surface area contributed by atoms with Crippen molar-refractivity contribution in [2.24, 2.45) is 5.92 Å². The van der Waals surface area contributed by atoms with Gasteiger partial charge in [0.2, 0.25) is 0 Å². The van der Waals surface area contributed by atoms with E-state index in [0.717, 1.165) is 23.8 Å². The zero-order valence-corrected chi connectivity index (χ0v) is 17.9. The number of nitrogens with zero attached hydrogens (tertiary/aromatic N) is 2. The van der Waals surface area contributed by atoms with Gasteiger partial charge in [0, 0.05) is 6.42 Å². The maximum atomic E-state index is 12.6. The van der Waals surface area contributed by atoms with Crippen LogP contribution in [0.3, 0.4) is 0 Å². The largest absolute Gasteiger partial charge is 0.482 e. The van der Waals surface area contributed by atoms with Crippen molar-refractivity contribution in [1.29, 1.82) is 5.41 Å². The Kier molecular flexibility index (Phi) is 6.41. The van der Waals surface area contributed by atoms with Crippen molar-refractivity contribution >= 4 is 40.3 Å². The van der Waals surface area contributed by atoms with Crippen LogP contribution in [0.4, 0.5) is 5.13 Å². The van der Waals surface area contributed by atoms with E-state index in [-0.39, 0.29) is 17.3 Å². The van der Waals surface area contributed by atoms with E-state index in [1.165, 1.54) is 48.1 Å². The molecule has 2 aliphatic rings. The zero-order chi connectivity index (χ0) is 21.8. The summed E-state index contributed by atoms with van der Waals surface area (Å²) in [6, 6.07) is 6.68. The third-order valence-corrected chi connectivity index (χ3v) is 6.58. The fourth-order valence-electron chi connectivity index (χ4n) is 3.96. The number of carboxylic acid groups (broad SMARTS) is 1. The second kappa shape index (κ2) is 9.38. The first kappa shape index (κ1) is 21.2. The van der Waals surface area contributed by atoms with E-state index >= 15 is 0 Å². The fourth-order valence-corrected chi connectivity index (χ4v) is 4.89. The summed E-state index contributed by atoms with van der Waals surface area (Å²) in [5, 5.41) is 26.1. The van der Waals surface area contributed by atoms with Gasteiger partial charge in [-0.15, -0.1) is 0 Å². The minimum absolute atomic E-state index is 0.0464. The molecule has 0 unspecified atom stereocenters. The first-order chi connectivity index (χ1) is 15.0. The number of ether oxygens (including phenoxy) is 1. The summed E-state index contributed by atoms with van der Waals surface area (Å²) in [5.41, 5.74) is 0.926. The van der Waals surface area contributed by atoms with Gasteiger partial charge in [-0.2, -0.15) is 5.41 Å². The second-order valence-corrected chi connectivity index (χ2v) is 8.93. The Bertz CT molecular complexity index is 1020. The van der Waals surface area contributed by atoms with Crippen LogP contribution in [0.2, 0.25) is 0 Å². The van der Waals surface area contributed by atoms with E-state index in [9.17, 15) is 9.59 Å². The van der Waals surface area contributed by atoms with E-state index in [2.05, 4.69) is 10.4 Å². The summed E-state index contributed by atoms with van der Waals surface area (Å²) in [6.45, 7) is -0.417. The minimum atomic E-state index is -1.05. The SMILES string of the molecule is N=C1C(=Cc2ccc(OCC(=O)O)cc2)C(=O)Nc2sc(CCC3CCCCC3)n[n+]21. The van der Waals surface area contributed by atoms with Crippen LogP contribution >= 0.6 is 11.3 Å². The highest BCUT2D eigenvalue weighted by atomic mass is 32.1. The summed E-state index contributed by atoms with van der Waals surface area (Å²) in [4.78, 5) is 23.2. The first-order valence-electron chi connectivity index (χ1n) is 10.5. The highest BCUT2D eigenvalue weighted by Crippen LogP contribution is 2.29. The summed E-state index contributed by atoms with van der Waals surface area (Å²) in [7, 11) is 0. The van der Waals surface area contributed by atoms with Crippen molar-refractivity contribution in [3.63, 3.8) is 0 Å². The molecule has 3 N–H and O–H groups in total. The third-order valence-electron chi connectivity index (χ3n) is 5.60. The number of anilines is 1. The van der Waals surface area contributed by atoms with Crippen molar-refractivity contribution in [2.75, 3.05) is 11.9 Å². The number of rotatable bonds is 7. The van der Waals surface area contributed by atoms with Gasteiger partial charge in [0.15, 0.2) is 6.61 Å². The molecule has 4 rings (SSSR count). The molecule has 1 amide bonds. The van der Waals surface area contributed by atoms with E-state index in [4.69, 9.17) is 15.3 Å². The van der Waals surface area contributed by atoms with Crippen molar-refractivity contribution < 1.29 is 24.1 Å². The zero-order valence-electron chi connectivity index (χ0n) is 17.1. The molecule has 162 valence electrons. The first-order valence-corrected chi connectivity index (χ1v) is 11.3. The fraction of sp³-hybridized carbons (Fsp3) is 0.409. The lowest BCUT2D eigenvalue weighted by molar-refractivity contribution is -0.603. The lowest BCUT2D eigenvalue weighted by atomic mass is 9.86. The molecule has 1 aliphatic carbocycles. The van der Waals surface area contributed by atoms with Gasteiger partial charge >= 0.3 is 17.0 Å². The van der Waals surface area contributed by atoms with Crippen LogP contribution in [0.25, 0.3) is 6.08 Å². The number of carbonyl (C=O) groups excluding carboxylic acids is 1. The van der Waals surface area contributed by atoms with Crippen molar-refractivity contribution in [1.82, 2.24) is 5.10 Å². The average molecular weight is 442 g/mol. The lowest BCUT2D eigenvalue weighted by Gasteiger charge is -2.20. The number of carboxylic acids is 1. The Balaban J connectivity index is 1.45. The Morgan fingerprint density at radius 1 is 1.29 bits per heavy atom. The number of nitrogens with one attached hydrogen (secondary N) is 2. The van der Waals surface area contributed by atoms with Crippen LogP contribution in [0.5, 0.6) is 5.75 Å². The number of aromatic nitrogens is 2. The monoisotopic (exact) mass is 441 g/mol. The smallest absolute Gasteiger partial charge is 0.341 e. The lowest BCUT2D eigenvalue weighted by Crippen LogP contribution is -2.53. The molecule has 9 heteroatoms. The summed E-state index contributed by atoms with van der Waals surface area (Å²) < 4.78 is 6.61. The maximum absolute atomic E-state index is 12.6. The van der Waals surface area contributed by atoms with Crippen molar-refractivity contribution in [3.8, 4) is 5.75 Å². The third kappa shape index (κ3) is 5.16. The number of benzene rings is 1. The molecule has 0 radical (unpaired) electrons. The minimum Gasteiger partial charge on any atom is -0.482 e. The number of amides is 1. The van der Waals surface area contributed by atoms with E-state index < -0.39 is 12.6 Å². The van der Waals surface area contributed by atoms with Crippen LogP contribution in [0.1, 0.15) is 49.1 Å². The van der Waals surface area contributed by atoms with Gasteiger partial charge in [-0.3, -0.25) is 4.79 Å². The van der Waals surface area contributed by atoms with Gasteiger partial charge in [0.25, 0.3) is 5.84 Å². The second-order valence-electron chi connectivity index (χ2n) is 7.87. The predicted octanol–water partition coefficient (Wildman–Crippen LogP) is 3.27. The molecule has 2 aromatic rings. The average Bonchev–Trinajstić information content (AvgIpc) is 3.18. The Morgan fingerprint density at radius 2 is 2.03 bits per heavy atom. The summed E-state index contributed by atoms with van der Waals surface area (Å²) in [6.07, 6.45) is 10.1. The van der Waals surface area contributed by atoms with Crippen LogP contribution in [-0.4, -0.2) is 34.5 Å². The van der Waals surface area contributed by atoms with E-state index in [1.807, 2.05) is 0 Å². The molecule has 1 fully saturated rings. The van der Waals surface area contributed by atoms with Crippen LogP contribution in [0.15, 0.2) is 29.8 Å². The van der Waals surface area contributed by atoms with Gasteiger partial charge in [-0.05, 0) is 47.4 Å². The van der Waals surface area contributed by atoms with Gasteiger partial charge in [0.05, 0.1) is 0 Å². The molecule has 0 saturated heterocycles. The van der Waals surface area contributed by atoms with Gasteiger partial charge in [-0.1, -0.05) is 54.0 Å². The standard InChI is InChI=1S/C22H24N4O4S/c23-20-17(12-15-6-9-16(10-7-15)30-13-19(27)28)21(29)24-22-26(20)25-18(31-22)11-8-14-4-2-1-3-5-14/h6-7,9-10,12,14,23H,1-5,8,11,13H2,(H,27,28)/p+1. The predicted molar refractivity (Wildman–Crippen MR) is 117 cm³/mol. The molecule has 1 saturated carbocycles. The molecule has 1 aromatic carbocycles. The number of carbonyl (C=O) groups is 2. The summed E-state index contributed by atoms with van der Waals surface area (Å²) in [5.74, 6) is -0.158. The molecule has 0 spiro atoms. The number of aliphatic carboxylic acids is 1. The number of aryl methyl sites for hydroxylation is 1. The van der Waals surface area contributed by atoms with Gasteiger partial charge in [-0.25, -0.2) is 10.1 Å². The van der Waals surface area contributed by atoms with Crippen LogP contribution < -0.4 is 14.7 Å². The summed E-state index contributed by atoms with van der Waals surface area (Å²) >= 11 is 1.44. The van der Waals surface area contributed by atoms with Crippen LogP contribution in [-0.2, 0) is 16.0 Å². The number of fused-ring (bicyclic) bond motifs is 1. The molecular formula is C22H25N4O4S+. The normalized spacial score (nSPS) is 18.0. The number of hydrogen-bond donors (Lipinski definition) is 3. The Hall–Kier alpha value is -3.07. The molecule has 0 atom stereocenters. The maximum Gasteiger partial charge on any atom is 0.341 e. The number of hydrogen-bond acceptors (Lipinski definition) is 6. The molecule has 0 bridgehead atoms. The van der Waals surface area contributed by atoms with E-state index in [0.29, 0.717) is 16.4 Å². The van der Waals surface area contributed by atoms with Gasteiger partial charge < -0.3 is 9.84 Å². The van der Waals surface area contributed by atoms with Crippen molar-refractivity contribution in [3.05, 3.63) is 40.4 Å². The topological polar surface area (TPSA) is 116 Å². The highest BCUT2D eigenvalue weighted by molar-refractivity contribution is 7.15. The Labute approximate surface area is 184 Å². The molecule has 2 heterocycles. The molecule has 1 aromatic heterocycles. The quantitative estimate of drug-likeness (QED) is 0.450.